The first-order valence-electron chi connectivity index (χ1n) is 9.02. The summed E-state index contributed by atoms with van der Waals surface area (Å²) in [7, 11) is -1.44. The van der Waals surface area contributed by atoms with Crippen LogP contribution in [0, 0.1) is 0 Å². The van der Waals surface area contributed by atoms with Crippen LogP contribution in [0.25, 0.3) is 10.8 Å². The molecular formula is C20H20N4O2S. The number of hydrogen-bond acceptors (Lipinski definition) is 5. The molecule has 0 radical (unpaired) electrons. The van der Waals surface area contributed by atoms with Crippen LogP contribution in [0.1, 0.15) is 0 Å². The van der Waals surface area contributed by atoms with Crippen molar-refractivity contribution in [1.29, 1.82) is 0 Å². The van der Waals surface area contributed by atoms with Crippen LogP contribution < -0.4 is 14.1 Å². The molecule has 0 N–H and O–H groups in total. The average Bonchev–Trinajstić information content (AvgIpc) is 2.91. The van der Waals surface area contributed by atoms with Gasteiger partial charge in [-0.05, 0) is 23.6 Å². The number of anilines is 3. The Bertz CT molecular complexity index is 1140. The van der Waals surface area contributed by atoms with Gasteiger partial charge in [0.25, 0.3) is 10.0 Å². The highest BCUT2D eigenvalue weighted by Crippen LogP contribution is 2.42. The van der Waals surface area contributed by atoms with Gasteiger partial charge in [0.15, 0.2) is 0 Å². The number of nitrogens with zero attached hydrogens (tertiary/aromatic N) is 4. The number of pyridine rings is 1. The molecule has 0 saturated heterocycles. The van der Waals surface area contributed by atoms with E-state index in [9.17, 15) is 8.42 Å². The van der Waals surface area contributed by atoms with Crippen molar-refractivity contribution in [1.82, 2.24) is 4.98 Å². The van der Waals surface area contributed by atoms with Crippen molar-refractivity contribution in [3.8, 4) is 0 Å². The Morgan fingerprint density at radius 2 is 1.78 bits per heavy atom. The van der Waals surface area contributed by atoms with E-state index in [0.29, 0.717) is 18.0 Å². The smallest absolute Gasteiger partial charge is 0.265 e. The van der Waals surface area contributed by atoms with E-state index < -0.39 is 10.0 Å². The van der Waals surface area contributed by atoms with Crippen molar-refractivity contribution < 1.29 is 8.42 Å². The van der Waals surface area contributed by atoms with Crippen LogP contribution in [-0.2, 0) is 10.0 Å². The average molecular weight is 380 g/mol. The van der Waals surface area contributed by atoms with Crippen molar-refractivity contribution in [3.05, 3.63) is 54.9 Å². The summed E-state index contributed by atoms with van der Waals surface area (Å²) in [5.41, 5.74) is 2.97. The van der Waals surface area contributed by atoms with Crippen molar-refractivity contribution in [2.24, 2.45) is 0 Å². The molecule has 7 heteroatoms. The molecule has 0 unspecified atom stereocenters. The van der Waals surface area contributed by atoms with E-state index in [1.807, 2.05) is 42.6 Å². The Morgan fingerprint density at radius 3 is 2.63 bits per heavy atom. The van der Waals surface area contributed by atoms with Gasteiger partial charge in [0.05, 0.1) is 34.7 Å². The van der Waals surface area contributed by atoms with Crippen LogP contribution in [0.5, 0.6) is 0 Å². The van der Waals surface area contributed by atoms with Gasteiger partial charge < -0.3 is 9.80 Å². The molecule has 27 heavy (non-hydrogen) atoms. The number of sulfonamides is 1. The van der Waals surface area contributed by atoms with Crippen LogP contribution in [0.4, 0.5) is 17.1 Å². The predicted octanol–water partition coefficient (Wildman–Crippen LogP) is 2.70. The quantitative estimate of drug-likeness (QED) is 0.699. The summed E-state index contributed by atoms with van der Waals surface area (Å²) in [6.07, 6.45) is 3.65. The van der Waals surface area contributed by atoms with E-state index in [-0.39, 0.29) is 0 Å². The lowest BCUT2D eigenvalue weighted by molar-refractivity contribution is 0.592. The molecule has 3 heterocycles. The van der Waals surface area contributed by atoms with Crippen molar-refractivity contribution in [2.75, 3.05) is 47.3 Å². The Morgan fingerprint density at radius 1 is 0.963 bits per heavy atom. The predicted molar refractivity (Wildman–Crippen MR) is 108 cm³/mol. The fourth-order valence-electron chi connectivity index (χ4n) is 4.10. The highest BCUT2D eigenvalue weighted by molar-refractivity contribution is 7.93. The molecule has 2 aliphatic heterocycles. The molecule has 3 aromatic rings. The molecule has 6 nitrogen and oxygen atoms in total. The van der Waals surface area contributed by atoms with Crippen molar-refractivity contribution in [3.63, 3.8) is 0 Å². The second-order valence-electron chi connectivity index (χ2n) is 6.98. The Hall–Kier alpha value is -2.80. The largest absolute Gasteiger partial charge is 0.371 e. The Labute approximate surface area is 158 Å². The van der Waals surface area contributed by atoms with Gasteiger partial charge in [-0.15, -0.1) is 0 Å². The first-order valence-corrected chi connectivity index (χ1v) is 10.5. The van der Waals surface area contributed by atoms with Gasteiger partial charge in [-0.1, -0.05) is 24.3 Å². The molecule has 0 aliphatic carbocycles. The summed E-state index contributed by atoms with van der Waals surface area (Å²) in [4.78, 5) is 9.10. The molecule has 0 atom stereocenters. The third-order valence-corrected chi connectivity index (χ3v) is 7.34. The number of rotatable bonds is 3. The SMILES string of the molecule is CN1CCN(CCN2c3cccc4cccc(c34)S2(=O)=O)c2cnccc21. The topological polar surface area (TPSA) is 56.8 Å². The van der Waals surface area contributed by atoms with Gasteiger partial charge in [-0.2, -0.15) is 0 Å². The van der Waals surface area contributed by atoms with E-state index >= 15 is 0 Å². The molecule has 1 aromatic heterocycles. The number of benzene rings is 2. The fourth-order valence-corrected chi connectivity index (χ4v) is 5.80. The van der Waals surface area contributed by atoms with Gasteiger partial charge in [0, 0.05) is 38.3 Å². The van der Waals surface area contributed by atoms with E-state index in [2.05, 4.69) is 21.8 Å². The number of fused-ring (bicyclic) bond motifs is 1. The minimum Gasteiger partial charge on any atom is -0.371 e. The van der Waals surface area contributed by atoms with E-state index in [0.717, 1.165) is 40.9 Å². The summed E-state index contributed by atoms with van der Waals surface area (Å²) in [6, 6.07) is 13.3. The van der Waals surface area contributed by atoms with Gasteiger partial charge >= 0.3 is 0 Å². The highest BCUT2D eigenvalue weighted by atomic mass is 32.2. The lowest BCUT2D eigenvalue weighted by Crippen LogP contribution is -2.43. The van der Waals surface area contributed by atoms with Gasteiger partial charge in [0.1, 0.15) is 0 Å². The maximum atomic E-state index is 13.1. The normalized spacial score (nSPS) is 17.4. The summed E-state index contributed by atoms with van der Waals surface area (Å²) in [6.45, 7) is 2.78. The van der Waals surface area contributed by atoms with E-state index in [1.54, 1.807) is 16.6 Å². The van der Waals surface area contributed by atoms with Crippen LogP contribution in [0.3, 0.4) is 0 Å². The van der Waals surface area contributed by atoms with Gasteiger partial charge in [-0.3, -0.25) is 9.29 Å². The minimum atomic E-state index is -3.51. The molecule has 0 saturated carbocycles. The lowest BCUT2D eigenvalue weighted by Gasteiger charge is -2.37. The van der Waals surface area contributed by atoms with E-state index in [4.69, 9.17) is 0 Å². The second-order valence-corrected chi connectivity index (χ2v) is 8.81. The number of hydrogen-bond donors (Lipinski definition) is 0. The highest BCUT2D eigenvalue weighted by Gasteiger charge is 2.35. The lowest BCUT2D eigenvalue weighted by atomic mass is 10.1. The van der Waals surface area contributed by atoms with Crippen molar-refractivity contribution in [2.45, 2.75) is 4.90 Å². The fraction of sp³-hybridized carbons (Fsp3) is 0.250. The monoisotopic (exact) mass is 380 g/mol. The zero-order valence-electron chi connectivity index (χ0n) is 15.0. The molecule has 2 aromatic carbocycles. The third kappa shape index (κ3) is 2.38. The first-order chi connectivity index (χ1) is 13.1. The molecule has 0 fully saturated rings. The van der Waals surface area contributed by atoms with Crippen LogP contribution in [0.2, 0.25) is 0 Å². The maximum absolute atomic E-state index is 13.1. The molecule has 2 aliphatic rings. The molecule has 0 amide bonds. The van der Waals surface area contributed by atoms with Crippen LogP contribution in [0.15, 0.2) is 59.8 Å². The summed E-state index contributed by atoms with van der Waals surface area (Å²) >= 11 is 0. The molecule has 138 valence electrons. The van der Waals surface area contributed by atoms with E-state index in [1.165, 1.54) is 0 Å². The summed E-state index contributed by atoms with van der Waals surface area (Å²) in [5, 5.41) is 1.80. The first kappa shape index (κ1) is 16.4. The number of likely N-dealkylation sites (N-methyl/N-ethyl adjacent to an activating group) is 1. The molecular weight excluding hydrogens is 360 g/mol. The zero-order valence-corrected chi connectivity index (χ0v) is 15.9. The van der Waals surface area contributed by atoms with Gasteiger partial charge in [-0.25, -0.2) is 8.42 Å². The second kappa shape index (κ2) is 5.85. The number of aromatic nitrogens is 1. The zero-order chi connectivity index (χ0) is 18.6. The minimum absolute atomic E-state index is 0.411. The molecule has 0 bridgehead atoms. The maximum Gasteiger partial charge on any atom is 0.265 e. The van der Waals surface area contributed by atoms with Gasteiger partial charge in [0.2, 0.25) is 0 Å². The van der Waals surface area contributed by atoms with Crippen LogP contribution in [-0.4, -0.2) is 46.6 Å². The van der Waals surface area contributed by atoms with Crippen molar-refractivity contribution >= 4 is 37.9 Å². The Kier molecular flexibility index (Phi) is 3.55. The molecule has 5 rings (SSSR count). The summed E-state index contributed by atoms with van der Waals surface area (Å²) < 4.78 is 27.8. The third-order valence-electron chi connectivity index (χ3n) is 5.49. The Balaban J connectivity index is 1.48. The molecule has 0 spiro atoms. The van der Waals surface area contributed by atoms with Crippen LogP contribution >= 0.6 is 0 Å². The summed E-state index contributed by atoms with van der Waals surface area (Å²) in [5.74, 6) is 0. The standard InChI is InChI=1S/C20H20N4O2S/c1-22-10-11-23(18-14-21-9-8-16(18)22)12-13-24-17-6-2-4-15-5-3-7-19(20(15)17)27(24,25)26/h2-9,14H,10-13H2,1H3.